The van der Waals surface area contributed by atoms with Gasteiger partial charge in [-0.1, -0.05) is 20.8 Å². The molecule has 0 aliphatic heterocycles. The van der Waals surface area contributed by atoms with Gasteiger partial charge < -0.3 is 20.9 Å². The van der Waals surface area contributed by atoms with Crippen LogP contribution in [-0.2, 0) is 9.53 Å². The first-order valence-electron chi connectivity index (χ1n) is 5.98. The Morgan fingerprint density at radius 3 is 2.41 bits per heavy atom. The van der Waals surface area contributed by atoms with Gasteiger partial charge >= 0.3 is 0 Å². The van der Waals surface area contributed by atoms with E-state index in [1.165, 1.54) is 0 Å². The zero-order valence-electron chi connectivity index (χ0n) is 11.3. The maximum Gasteiger partial charge on any atom is 0.222 e. The molecular formula is C12H26N2O3. The van der Waals surface area contributed by atoms with Crippen LogP contribution < -0.4 is 11.1 Å². The van der Waals surface area contributed by atoms with Crippen molar-refractivity contribution >= 4 is 5.91 Å². The summed E-state index contributed by atoms with van der Waals surface area (Å²) in [6, 6.07) is -0.0460. The van der Waals surface area contributed by atoms with Gasteiger partial charge in [0, 0.05) is 26.3 Å². The van der Waals surface area contributed by atoms with Crippen molar-refractivity contribution in [3.05, 3.63) is 0 Å². The minimum absolute atomic E-state index is 0.0460. The molecule has 0 saturated carbocycles. The molecule has 4 N–H and O–H groups in total. The molecule has 1 amide bonds. The maximum atomic E-state index is 11.8. The van der Waals surface area contributed by atoms with Crippen LogP contribution in [0.25, 0.3) is 0 Å². The van der Waals surface area contributed by atoms with Crippen molar-refractivity contribution in [1.82, 2.24) is 5.32 Å². The number of aliphatic hydroxyl groups is 1. The number of ether oxygens (including phenoxy) is 1. The van der Waals surface area contributed by atoms with Crippen LogP contribution in [-0.4, -0.2) is 43.4 Å². The third-order valence-electron chi connectivity index (χ3n) is 2.81. The SMILES string of the molecule is COC(CN)CC(=O)NC(CCO)C(C)(C)C. The van der Waals surface area contributed by atoms with Crippen LogP contribution in [0.2, 0.25) is 0 Å². The van der Waals surface area contributed by atoms with Gasteiger partial charge in [-0.3, -0.25) is 4.79 Å². The minimum atomic E-state index is -0.246. The van der Waals surface area contributed by atoms with Crippen LogP contribution in [0, 0.1) is 5.41 Å². The van der Waals surface area contributed by atoms with Gasteiger partial charge in [-0.15, -0.1) is 0 Å². The summed E-state index contributed by atoms with van der Waals surface area (Å²) < 4.78 is 5.06. The van der Waals surface area contributed by atoms with Gasteiger partial charge in [-0.2, -0.15) is 0 Å². The Morgan fingerprint density at radius 1 is 1.47 bits per heavy atom. The number of amides is 1. The van der Waals surface area contributed by atoms with E-state index in [9.17, 15) is 4.79 Å². The van der Waals surface area contributed by atoms with E-state index in [0.717, 1.165) is 0 Å². The highest BCUT2D eigenvalue weighted by atomic mass is 16.5. The predicted octanol–water partition coefficient (Wildman–Crippen LogP) is 0.264. The predicted molar refractivity (Wildman–Crippen MR) is 67.6 cm³/mol. The highest BCUT2D eigenvalue weighted by Gasteiger charge is 2.26. The topological polar surface area (TPSA) is 84.6 Å². The molecule has 0 spiro atoms. The lowest BCUT2D eigenvalue weighted by atomic mass is 9.85. The van der Waals surface area contributed by atoms with Crippen LogP contribution >= 0.6 is 0 Å². The van der Waals surface area contributed by atoms with Gasteiger partial charge in [0.1, 0.15) is 0 Å². The van der Waals surface area contributed by atoms with Crippen LogP contribution in [0.5, 0.6) is 0 Å². The van der Waals surface area contributed by atoms with E-state index in [1.54, 1.807) is 7.11 Å². The molecule has 0 aromatic heterocycles. The average Bonchev–Trinajstić information content (AvgIpc) is 2.24. The van der Waals surface area contributed by atoms with Gasteiger partial charge in [-0.05, 0) is 11.8 Å². The fourth-order valence-electron chi connectivity index (χ4n) is 1.57. The number of methoxy groups -OCH3 is 1. The number of carbonyl (C=O) groups is 1. The third kappa shape index (κ3) is 6.61. The average molecular weight is 246 g/mol. The lowest BCUT2D eigenvalue weighted by Crippen LogP contribution is -2.45. The quantitative estimate of drug-likeness (QED) is 0.602. The number of nitrogens with one attached hydrogen (secondary N) is 1. The van der Waals surface area contributed by atoms with Crippen molar-refractivity contribution in [3.8, 4) is 0 Å². The molecule has 17 heavy (non-hydrogen) atoms. The number of carbonyl (C=O) groups excluding carboxylic acids is 1. The van der Waals surface area contributed by atoms with Crippen molar-refractivity contribution in [2.24, 2.45) is 11.1 Å². The van der Waals surface area contributed by atoms with Gasteiger partial charge in [0.15, 0.2) is 0 Å². The molecule has 0 aliphatic rings. The summed E-state index contributed by atoms with van der Waals surface area (Å²) in [6.45, 7) is 6.48. The molecule has 102 valence electrons. The van der Waals surface area contributed by atoms with E-state index in [1.807, 2.05) is 20.8 Å². The molecule has 0 aromatic carbocycles. The molecule has 0 radical (unpaired) electrons. The van der Waals surface area contributed by atoms with E-state index < -0.39 is 0 Å². The maximum absolute atomic E-state index is 11.8. The molecule has 2 unspecified atom stereocenters. The van der Waals surface area contributed by atoms with Crippen molar-refractivity contribution < 1.29 is 14.6 Å². The first kappa shape index (κ1) is 16.4. The van der Waals surface area contributed by atoms with Crippen LogP contribution in [0.3, 0.4) is 0 Å². The molecular weight excluding hydrogens is 220 g/mol. The molecule has 0 rings (SSSR count). The standard InChI is InChI=1S/C12H26N2O3/c1-12(2,3)10(5-6-15)14-11(16)7-9(8-13)17-4/h9-10,15H,5-8,13H2,1-4H3,(H,14,16). The smallest absolute Gasteiger partial charge is 0.222 e. The van der Waals surface area contributed by atoms with Gasteiger partial charge in [0.05, 0.1) is 12.5 Å². The molecule has 5 nitrogen and oxygen atoms in total. The second-order valence-corrected chi connectivity index (χ2v) is 5.30. The lowest BCUT2D eigenvalue weighted by molar-refractivity contribution is -0.125. The van der Waals surface area contributed by atoms with Crippen molar-refractivity contribution in [1.29, 1.82) is 0 Å². The summed E-state index contributed by atoms with van der Waals surface area (Å²) in [5.74, 6) is -0.0873. The van der Waals surface area contributed by atoms with Crippen molar-refractivity contribution in [2.75, 3.05) is 20.3 Å². The normalized spacial score (nSPS) is 15.4. The molecule has 0 saturated heterocycles. The van der Waals surface area contributed by atoms with Gasteiger partial charge in [-0.25, -0.2) is 0 Å². The highest BCUT2D eigenvalue weighted by Crippen LogP contribution is 2.21. The van der Waals surface area contributed by atoms with Crippen molar-refractivity contribution in [2.45, 2.75) is 45.8 Å². The Morgan fingerprint density at radius 2 is 2.06 bits per heavy atom. The minimum Gasteiger partial charge on any atom is -0.396 e. The first-order chi connectivity index (χ1) is 7.85. The highest BCUT2D eigenvalue weighted by molar-refractivity contribution is 5.76. The Hall–Kier alpha value is -0.650. The number of hydrogen-bond acceptors (Lipinski definition) is 4. The Kier molecular flexibility index (Phi) is 7.34. The number of rotatable bonds is 7. The van der Waals surface area contributed by atoms with Gasteiger partial charge in [0.2, 0.25) is 5.91 Å². The van der Waals surface area contributed by atoms with Gasteiger partial charge in [0.25, 0.3) is 0 Å². The molecule has 0 aliphatic carbocycles. The second kappa shape index (κ2) is 7.63. The van der Waals surface area contributed by atoms with Crippen LogP contribution in [0.4, 0.5) is 0 Å². The molecule has 0 fully saturated rings. The number of aliphatic hydroxyl groups excluding tert-OH is 1. The Labute approximate surface area is 104 Å². The molecule has 0 bridgehead atoms. The second-order valence-electron chi connectivity index (χ2n) is 5.30. The molecule has 0 aromatic rings. The van der Waals surface area contributed by atoms with E-state index in [4.69, 9.17) is 15.6 Å². The summed E-state index contributed by atoms with van der Waals surface area (Å²) in [7, 11) is 1.54. The van der Waals surface area contributed by atoms with E-state index in [-0.39, 0.29) is 36.5 Å². The zero-order valence-corrected chi connectivity index (χ0v) is 11.3. The zero-order chi connectivity index (χ0) is 13.5. The number of hydrogen-bond donors (Lipinski definition) is 3. The Bertz CT molecular complexity index is 222. The summed E-state index contributed by atoms with van der Waals surface area (Å²) in [5, 5.41) is 11.9. The van der Waals surface area contributed by atoms with Crippen molar-refractivity contribution in [3.63, 3.8) is 0 Å². The molecule has 5 heteroatoms. The van der Waals surface area contributed by atoms with E-state index >= 15 is 0 Å². The third-order valence-corrected chi connectivity index (χ3v) is 2.81. The summed E-state index contributed by atoms with van der Waals surface area (Å²) in [4.78, 5) is 11.8. The van der Waals surface area contributed by atoms with Crippen LogP contribution in [0.1, 0.15) is 33.6 Å². The largest absolute Gasteiger partial charge is 0.396 e. The summed E-state index contributed by atoms with van der Waals surface area (Å²) in [5.41, 5.74) is 5.38. The van der Waals surface area contributed by atoms with E-state index in [0.29, 0.717) is 13.0 Å². The van der Waals surface area contributed by atoms with E-state index in [2.05, 4.69) is 5.32 Å². The molecule has 2 atom stereocenters. The lowest BCUT2D eigenvalue weighted by Gasteiger charge is -2.31. The summed E-state index contributed by atoms with van der Waals surface area (Å²) >= 11 is 0. The fraction of sp³-hybridized carbons (Fsp3) is 0.917. The monoisotopic (exact) mass is 246 g/mol. The number of nitrogens with two attached hydrogens (primary N) is 1. The fourth-order valence-corrected chi connectivity index (χ4v) is 1.57. The summed E-state index contributed by atoms with van der Waals surface area (Å²) in [6.07, 6.45) is 0.560. The first-order valence-corrected chi connectivity index (χ1v) is 5.98. The molecule has 0 heterocycles. The Balaban J connectivity index is 4.31. The van der Waals surface area contributed by atoms with Crippen LogP contribution in [0.15, 0.2) is 0 Å².